The molecule has 1 saturated heterocycles. The van der Waals surface area contributed by atoms with Crippen molar-refractivity contribution in [3.63, 3.8) is 0 Å². The minimum Gasteiger partial charge on any atom is -0.495 e. The quantitative estimate of drug-likeness (QED) is 0.677. The Morgan fingerprint density at radius 1 is 1.48 bits per heavy atom. The molecule has 0 aliphatic carbocycles. The van der Waals surface area contributed by atoms with Gasteiger partial charge in [0, 0.05) is 25.0 Å². The zero-order chi connectivity index (χ0) is 16.8. The number of ether oxygens (including phenoxy) is 1. The minimum atomic E-state index is -0.438. The van der Waals surface area contributed by atoms with E-state index in [1.165, 1.54) is 7.11 Å². The summed E-state index contributed by atoms with van der Waals surface area (Å²) in [4.78, 5) is 14.3. The normalized spacial score (nSPS) is 15.9. The van der Waals surface area contributed by atoms with Crippen molar-refractivity contribution >= 4 is 23.2 Å². The number of anilines is 1. The summed E-state index contributed by atoms with van der Waals surface area (Å²) in [5.41, 5.74) is 0.612. The van der Waals surface area contributed by atoms with Crippen LogP contribution >= 0.6 is 11.6 Å². The third kappa shape index (κ3) is 4.64. The Hall–Kier alpha value is -2.19. The van der Waals surface area contributed by atoms with Gasteiger partial charge >= 0.3 is 0 Å². The van der Waals surface area contributed by atoms with E-state index in [-0.39, 0.29) is 5.57 Å². The molecule has 0 spiro atoms. The number of methoxy groups -OCH3 is 1. The van der Waals surface area contributed by atoms with Crippen molar-refractivity contribution in [2.45, 2.75) is 19.8 Å². The highest BCUT2D eigenvalue weighted by Crippen LogP contribution is 2.27. The van der Waals surface area contributed by atoms with Crippen molar-refractivity contribution in [3.8, 4) is 11.8 Å². The molecule has 0 aromatic heterocycles. The third-order valence-corrected chi connectivity index (χ3v) is 4.20. The largest absolute Gasteiger partial charge is 0.495 e. The average molecular weight is 334 g/mol. The number of hydrogen-bond donors (Lipinski definition) is 1. The summed E-state index contributed by atoms with van der Waals surface area (Å²) < 4.78 is 5.07. The minimum absolute atomic E-state index is 0.0893. The van der Waals surface area contributed by atoms with Crippen LogP contribution in [0.5, 0.6) is 5.75 Å². The Morgan fingerprint density at radius 3 is 2.74 bits per heavy atom. The van der Waals surface area contributed by atoms with E-state index in [1.54, 1.807) is 24.4 Å². The van der Waals surface area contributed by atoms with Gasteiger partial charge in [-0.3, -0.25) is 4.79 Å². The number of likely N-dealkylation sites (tertiary alicyclic amines) is 1. The highest BCUT2D eigenvalue weighted by molar-refractivity contribution is 6.32. The summed E-state index contributed by atoms with van der Waals surface area (Å²) in [6.07, 6.45) is 3.79. The standard InChI is InChI=1S/C17H20ClN3O2/c1-12-5-7-21(8-6-12)11-13(10-19)17(22)20-14-3-4-16(23-2)15(18)9-14/h3-4,9,11-12H,5-8H2,1-2H3,(H,20,22)/b13-11-. The molecule has 0 saturated carbocycles. The predicted octanol–water partition coefficient (Wildman–Crippen LogP) is 3.43. The molecule has 23 heavy (non-hydrogen) atoms. The van der Waals surface area contributed by atoms with Crippen molar-refractivity contribution in [2.75, 3.05) is 25.5 Å². The second kappa shape index (κ2) is 7.89. The second-order valence-corrected chi connectivity index (χ2v) is 6.08. The van der Waals surface area contributed by atoms with Crippen LogP contribution in [-0.2, 0) is 4.79 Å². The molecule has 122 valence electrons. The number of halogens is 1. The lowest BCUT2D eigenvalue weighted by Gasteiger charge is -2.29. The number of hydrogen-bond acceptors (Lipinski definition) is 4. The highest BCUT2D eigenvalue weighted by atomic mass is 35.5. The number of carbonyl (C=O) groups is 1. The van der Waals surface area contributed by atoms with Gasteiger partial charge in [0.05, 0.1) is 12.1 Å². The fourth-order valence-electron chi connectivity index (χ4n) is 2.42. The van der Waals surface area contributed by atoms with Gasteiger partial charge in [-0.1, -0.05) is 18.5 Å². The maximum absolute atomic E-state index is 12.2. The molecule has 1 aromatic rings. The van der Waals surface area contributed by atoms with Crippen LogP contribution < -0.4 is 10.1 Å². The molecular weight excluding hydrogens is 314 g/mol. The van der Waals surface area contributed by atoms with Crippen molar-refractivity contribution in [1.29, 1.82) is 5.26 Å². The molecule has 1 N–H and O–H groups in total. The van der Waals surface area contributed by atoms with E-state index < -0.39 is 5.91 Å². The van der Waals surface area contributed by atoms with E-state index in [4.69, 9.17) is 16.3 Å². The van der Waals surface area contributed by atoms with Crippen LogP contribution in [0.4, 0.5) is 5.69 Å². The molecule has 1 aliphatic heterocycles. The Bertz CT molecular complexity index is 644. The van der Waals surface area contributed by atoms with Crippen LogP contribution in [0.15, 0.2) is 30.0 Å². The summed E-state index contributed by atoms with van der Waals surface area (Å²) in [5, 5.41) is 12.3. The zero-order valence-electron chi connectivity index (χ0n) is 13.3. The van der Waals surface area contributed by atoms with Gasteiger partial charge in [-0.2, -0.15) is 5.26 Å². The molecule has 0 radical (unpaired) electrons. The van der Waals surface area contributed by atoms with E-state index in [0.717, 1.165) is 25.9 Å². The van der Waals surface area contributed by atoms with Gasteiger partial charge in [-0.25, -0.2) is 0 Å². The predicted molar refractivity (Wildman–Crippen MR) is 90.3 cm³/mol. The van der Waals surface area contributed by atoms with Crippen molar-refractivity contribution in [1.82, 2.24) is 4.90 Å². The summed E-state index contributed by atoms with van der Waals surface area (Å²) in [6.45, 7) is 3.95. The molecule has 0 unspecified atom stereocenters. The lowest BCUT2D eigenvalue weighted by atomic mass is 9.99. The molecule has 1 fully saturated rings. The number of amides is 1. The lowest BCUT2D eigenvalue weighted by Crippen LogP contribution is -2.29. The number of benzene rings is 1. The molecule has 1 amide bonds. The average Bonchev–Trinajstić information content (AvgIpc) is 2.54. The SMILES string of the molecule is COc1ccc(NC(=O)/C(C#N)=C\N2CCC(C)CC2)cc1Cl. The number of nitrogens with one attached hydrogen (secondary N) is 1. The van der Waals surface area contributed by atoms with Gasteiger partial charge in [0.15, 0.2) is 0 Å². The fraction of sp³-hybridized carbons (Fsp3) is 0.412. The number of piperidine rings is 1. The molecule has 2 rings (SSSR count). The lowest BCUT2D eigenvalue weighted by molar-refractivity contribution is -0.112. The fourth-order valence-corrected chi connectivity index (χ4v) is 2.68. The first kappa shape index (κ1) is 17.2. The Balaban J connectivity index is 2.05. The smallest absolute Gasteiger partial charge is 0.267 e. The topological polar surface area (TPSA) is 65.4 Å². The summed E-state index contributed by atoms with van der Waals surface area (Å²) in [6, 6.07) is 6.91. The van der Waals surface area contributed by atoms with Crippen molar-refractivity contribution in [2.24, 2.45) is 5.92 Å². The molecule has 0 atom stereocenters. The molecule has 1 aromatic carbocycles. The number of nitriles is 1. The highest BCUT2D eigenvalue weighted by Gasteiger charge is 2.16. The number of nitrogens with zero attached hydrogens (tertiary/aromatic N) is 2. The van der Waals surface area contributed by atoms with Gasteiger partial charge < -0.3 is 15.0 Å². The molecule has 1 heterocycles. The molecular formula is C17H20ClN3O2. The monoisotopic (exact) mass is 333 g/mol. The Morgan fingerprint density at radius 2 is 2.17 bits per heavy atom. The van der Waals surface area contributed by atoms with Gasteiger partial charge in [-0.05, 0) is 37.0 Å². The molecule has 0 bridgehead atoms. The van der Waals surface area contributed by atoms with Crippen LogP contribution in [0.3, 0.4) is 0 Å². The first-order chi connectivity index (χ1) is 11.0. The van der Waals surface area contributed by atoms with Crippen LogP contribution in [0.25, 0.3) is 0 Å². The van der Waals surface area contributed by atoms with E-state index in [9.17, 15) is 10.1 Å². The summed E-state index contributed by atoms with van der Waals surface area (Å²) >= 11 is 6.03. The van der Waals surface area contributed by atoms with Crippen LogP contribution in [0.1, 0.15) is 19.8 Å². The van der Waals surface area contributed by atoms with E-state index in [0.29, 0.717) is 22.4 Å². The maximum Gasteiger partial charge on any atom is 0.267 e. The van der Waals surface area contributed by atoms with Gasteiger partial charge in [0.2, 0.25) is 0 Å². The first-order valence-electron chi connectivity index (χ1n) is 7.54. The van der Waals surface area contributed by atoms with Crippen LogP contribution in [0.2, 0.25) is 5.02 Å². The van der Waals surface area contributed by atoms with Crippen LogP contribution in [-0.4, -0.2) is 31.0 Å². The van der Waals surface area contributed by atoms with Crippen LogP contribution in [0, 0.1) is 17.2 Å². The number of rotatable bonds is 4. The first-order valence-corrected chi connectivity index (χ1v) is 7.92. The summed E-state index contributed by atoms with van der Waals surface area (Å²) in [7, 11) is 1.52. The Kier molecular flexibility index (Phi) is 5.89. The van der Waals surface area contributed by atoms with Gasteiger partial charge in [0.1, 0.15) is 17.4 Å². The van der Waals surface area contributed by atoms with E-state index in [2.05, 4.69) is 12.2 Å². The summed E-state index contributed by atoms with van der Waals surface area (Å²) in [5.74, 6) is 0.788. The van der Waals surface area contributed by atoms with Gasteiger partial charge in [-0.15, -0.1) is 0 Å². The number of carbonyl (C=O) groups excluding carboxylic acids is 1. The molecule has 5 nitrogen and oxygen atoms in total. The molecule has 1 aliphatic rings. The third-order valence-electron chi connectivity index (χ3n) is 3.90. The van der Waals surface area contributed by atoms with E-state index in [1.807, 2.05) is 11.0 Å². The van der Waals surface area contributed by atoms with Gasteiger partial charge in [0.25, 0.3) is 5.91 Å². The maximum atomic E-state index is 12.2. The Labute approximate surface area is 141 Å². The second-order valence-electron chi connectivity index (χ2n) is 5.68. The van der Waals surface area contributed by atoms with Crippen molar-refractivity contribution < 1.29 is 9.53 Å². The van der Waals surface area contributed by atoms with E-state index >= 15 is 0 Å². The molecule has 6 heteroatoms. The zero-order valence-corrected chi connectivity index (χ0v) is 14.1. The van der Waals surface area contributed by atoms with Crippen molar-refractivity contribution in [3.05, 3.63) is 35.0 Å².